The standard InChI is InChI=1S/C24H37ClN2O4/c1-23(2,3)31-22(28)26-12-10-19(11-13-26)27-15-21(24(4,5)29)30-16-20(27)14-17-6-8-18(25)9-7-17/h6-9,19-21,29H,10-16H2,1-5H3/t20-,21+/m0/s1. The van der Waals surface area contributed by atoms with Crippen molar-refractivity contribution in [2.45, 2.75) is 83.3 Å². The first kappa shape index (κ1) is 24.3. The number of amides is 1. The molecule has 0 aliphatic carbocycles. The van der Waals surface area contributed by atoms with E-state index >= 15 is 0 Å². The summed E-state index contributed by atoms with van der Waals surface area (Å²) in [7, 11) is 0. The zero-order valence-corrected chi connectivity index (χ0v) is 20.2. The molecule has 31 heavy (non-hydrogen) atoms. The molecule has 2 heterocycles. The normalized spacial score (nSPS) is 24.3. The molecule has 0 aromatic heterocycles. The van der Waals surface area contributed by atoms with Crippen LogP contribution in [0.1, 0.15) is 53.0 Å². The molecule has 2 aliphatic heterocycles. The monoisotopic (exact) mass is 452 g/mol. The average Bonchev–Trinajstić information content (AvgIpc) is 2.68. The number of benzene rings is 1. The van der Waals surface area contributed by atoms with Gasteiger partial charge in [-0.2, -0.15) is 0 Å². The number of likely N-dealkylation sites (tertiary alicyclic amines) is 1. The highest BCUT2D eigenvalue weighted by molar-refractivity contribution is 6.30. The number of piperidine rings is 1. The lowest BCUT2D eigenvalue weighted by Crippen LogP contribution is -2.61. The van der Waals surface area contributed by atoms with E-state index in [4.69, 9.17) is 21.1 Å². The minimum atomic E-state index is -0.902. The number of halogens is 1. The summed E-state index contributed by atoms with van der Waals surface area (Å²) >= 11 is 6.05. The molecular formula is C24H37ClN2O4. The van der Waals surface area contributed by atoms with Gasteiger partial charge in [-0.1, -0.05) is 23.7 Å². The smallest absolute Gasteiger partial charge is 0.410 e. The first-order chi connectivity index (χ1) is 14.4. The van der Waals surface area contributed by atoms with E-state index in [-0.39, 0.29) is 18.2 Å². The second-order valence-electron chi connectivity index (χ2n) is 10.4. The molecule has 0 bridgehead atoms. The van der Waals surface area contributed by atoms with Crippen molar-refractivity contribution < 1.29 is 19.4 Å². The number of aliphatic hydroxyl groups is 1. The van der Waals surface area contributed by atoms with Crippen molar-refractivity contribution in [2.24, 2.45) is 0 Å². The van der Waals surface area contributed by atoms with Crippen molar-refractivity contribution >= 4 is 17.7 Å². The number of ether oxygens (including phenoxy) is 2. The van der Waals surface area contributed by atoms with Crippen LogP contribution in [0.15, 0.2) is 24.3 Å². The lowest BCUT2D eigenvalue weighted by Gasteiger charge is -2.48. The van der Waals surface area contributed by atoms with Gasteiger partial charge < -0.3 is 19.5 Å². The summed E-state index contributed by atoms with van der Waals surface area (Å²) in [6.07, 6.45) is 2.16. The van der Waals surface area contributed by atoms with Gasteiger partial charge in [0.2, 0.25) is 0 Å². The molecule has 1 aromatic rings. The maximum Gasteiger partial charge on any atom is 0.410 e. The molecule has 6 nitrogen and oxygen atoms in total. The predicted octanol–water partition coefficient (Wildman–Crippen LogP) is 4.12. The minimum Gasteiger partial charge on any atom is -0.444 e. The Balaban J connectivity index is 1.68. The summed E-state index contributed by atoms with van der Waals surface area (Å²) in [4.78, 5) is 16.7. The number of carbonyl (C=O) groups is 1. The van der Waals surface area contributed by atoms with Crippen LogP contribution >= 0.6 is 11.6 Å². The molecular weight excluding hydrogens is 416 g/mol. The van der Waals surface area contributed by atoms with E-state index in [1.807, 2.05) is 37.8 Å². The fraction of sp³-hybridized carbons (Fsp3) is 0.708. The lowest BCUT2D eigenvalue weighted by atomic mass is 9.92. The molecule has 7 heteroatoms. The van der Waals surface area contributed by atoms with E-state index in [0.717, 1.165) is 24.3 Å². The van der Waals surface area contributed by atoms with Crippen LogP contribution in [0.4, 0.5) is 4.79 Å². The second kappa shape index (κ2) is 9.65. The van der Waals surface area contributed by atoms with Crippen molar-refractivity contribution in [1.29, 1.82) is 0 Å². The molecule has 0 radical (unpaired) electrons. The van der Waals surface area contributed by atoms with Crippen LogP contribution in [0.5, 0.6) is 0 Å². The summed E-state index contributed by atoms with van der Waals surface area (Å²) in [5.74, 6) is 0. The molecule has 1 aromatic carbocycles. The van der Waals surface area contributed by atoms with Gasteiger partial charge in [-0.3, -0.25) is 4.90 Å². The summed E-state index contributed by atoms with van der Waals surface area (Å²) in [6, 6.07) is 8.53. The lowest BCUT2D eigenvalue weighted by molar-refractivity contribution is -0.155. The molecule has 2 aliphatic rings. The van der Waals surface area contributed by atoms with Crippen molar-refractivity contribution in [3.8, 4) is 0 Å². The zero-order valence-electron chi connectivity index (χ0n) is 19.4. The van der Waals surface area contributed by atoms with Gasteiger partial charge in [0.1, 0.15) is 5.60 Å². The fourth-order valence-corrected chi connectivity index (χ4v) is 4.49. The Hall–Kier alpha value is -1.34. The SMILES string of the molecule is CC(C)(C)OC(=O)N1CCC(N2C[C@H](C(C)(C)O)OC[C@@H]2Cc2ccc(Cl)cc2)CC1. The number of morpholine rings is 1. The average molecular weight is 453 g/mol. The van der Waals surface area contributed by atoms with Crippen LogP contribution in [0.2, 0.25) is 5.02 Å². The van der Waals surface area contributed by atoms with Gasteiger partial charge in [-0.15, -0.1) is 0 Å². The Morgan fingerprint density at radius 2 is 1.77 bits per heavy atom. The Labute approximate surface area is 191 Å². The van der Waals surface area contributed by atoms with Gasteiger partial charge in [-0.05, 0) is 71.6 Å². The largest absolute Gasteiger partial charge is 0.444 e. The Kier molecular flexibility index (Phi) is 7.57. The van der Waals surface area contributed by atoms with Crippen molar-refractivity contribution in [3.63, 3.8) is 0 Å². The highest BCUT2D eigenvalue weighted by Crippen LogP contribution is 2.29. The number of hydrogen-bond acceptors (Lipinski definition) is 5. The van der Waals surface area contributed by atoms with Crippen molar-refractivity contribution in [1.82, 2.24) is 9.80 Å². The topological polar surface area (TPSA) is 62.2 Å². The minimum absolute atomic E-state index is 0.220. The third-order valence-electron chi connectivity index (χ3n) is 6.09. The van der Waals surface area contributed by atoms with Crippen LogP contribution < -0.4 is 0 Å². The maximum absolute atomic E-state index is 12.4. The Bertz CT molecular complexity index is 733. The summed E-state index contributed by atoms with van der Waals surface area (Å²) in [5.41, 5.74) is -0.168. The van der Waals surface area contributed by atoms with E-state index in [1.54, 1.807) is 13.8 Å². The second-order valence-corrected chi connectivity index (χ2v) is 10.8. The van der Waals surface area contributed by atoms with Crippen molar-refractivity contribution in [3.05, 3.63) is 34.9 Å². The number of carbonyl (C=O) groups excluding carboxylic acids is 1. The molecule has 2 atom stereocenters. The molecule has 1 amide bonds. The zero-order chi connectivity index (χ0) is 22.8. The number of rotatable bonds is 4. The van der Waals surface area contributed by atoms with E-state index < -0.39 is 11.2 Å². The van der Waals surface area contributed by atoms with Crippen LogP contribution in [0, 0.1) is 0 Å². The predicted molar refractivity (Wildman–Crippen MR) is 123 cm³/mol. The quantitative estimate of drug-likeness (QED) is 0.744. The highest BCUT2D eigenvalue weighted by atomic mass is 35.5. The molecule has 0 unspecified atom stereocenters. The maximum atomic E-state index is 12.4. The summed E-state index contributed by atoms with van der Waals surface area (Å²) in [5, 5.41) is 11.3. The highest BCUT2D eigenvalue weighted by Gasteiger charge is 2.40. The third kappa shape index (κ3) is 6.82. The van der Waals surface area contributed by atoms with Gasteiger partial charge >= 0.3 is 6.09 Å². The van der Waals surface area contributed by atoms with E-state index in [0.29, 0.717) is 32.3 Å². The fourth-order valence-electron chi connectivity index (χ4n) is 4.37. The van der Waals surface area contributed by atoms with Gasteiger partial charge in [0, 0.05) is 36.7 Å². The molecule has 0 saturated carbocycles. The Morgan fingerprint density at radius 1 is 1.16 bits per heavy atom. The van der Waals surface area contributed by atoms with E-state index in [1.165, 1.54) is 5.56 Å². The molecule has 1 N–H and O–H groups in total. The van der Waals surface area contributed by atoms with Gasteiger partial charge in [-0.25, -0.2) is 4.79 Å². The molecule has 2 fully saturated rings. The first-order valence-electron chi connectivity index (χ1n) is 11.2. The van der Waals surface area contributed by atoms with Crippen LogP contribution in [-0.2, 0) is 15.9 Å². The molecule has 3 rings (SSSR count). The first-order valence-corrected chi connectivity index (χ1v) is 11.6. The van der Waals surface area contributed by atoms with E-state index in [9.17, 15) is 9.90 Å². The van der Waals surface area contributed by atoms with Crippen LogP contribution in [0.3, 0.4) is 0 Å². The Morgan fingerprint density at radius 3 is 2.32 bits per heavy atom. The third-order valence-corrected chi connectivity index (χ3v) is 6.35. The molecule has 0 spiro atoms. The van der Waals surface area contributed by atoms with E-state index in [2.05, 4.69) is 17.0 Å². The van der Waals surface area contributed by atoms with Crippen LogP contribution in [-0.4, -0.2) is 76.6 Å². The molecule has 2 saturated heterocycles. The van der Waals surface area contributed by atoms with Gasteiger partial charge in [0.15, 0.2) is 0 Å². The number of nitrogens with zero attached hydrogens (tertiary/aromatic N) is 2. The number of hydrogen-bond donors (Lipinski definition) is 1. The summed E-state index contributed by atoms with van der Waals surface area (Å²) < 4.78 is 11.6. The molecule has 174 valence electrons. The van der Waals surface area contributed by atoms with Crippen molar-refractivity contribution in [2.75, 3.05) is 26.2 Å². The van der Waals surface area contributed by atoms with Crippen LogP contribution in [0.25, 0.3) is 0 Å². The van der Waals surface area contributed by atoms with Gasteiger partial charge in [0.25, 0.3) is 0 Å². The summed E-state index contributed by atoms with van der Waals surface area (Å²) in [6.45, 7) is 11.9. The van der Waals surface area contributed by atoms with Gasteiger partial charge in [0.05, 0.1) is 18.3 Å².